The first kappa shape index (κ1) is 14.3. The first-order chi connectivity index (χ1) is 9.40. The Labute approximate surface area is 120 Å². The van der Waals surface area contributed by atoms with Gasteiger partial charge in [0.05, 0.1) is 4.88 Å². The molecular weight excluding hydrogens is 276 g/mol. The fourth-order valence-electron chi connectivity index (χ4n) is 1.88. The van der Waals surface area contributed by atoms with Crippen molar-refractivity contribution in [3.8, 4) is 5.75 Å². The van der Waals surface area contributed by atoms with Crippen molar-refractivity contribution in [2.24, 2.45) is 11.7 Å². The zero-order valence-electron chi connectivity index (χ0n) is 11.2. The van der Waals surface area contributed by atoms with E-state index in [0.717, 1.165) is 10.1 Å². The van der Waals surface area contributed by atoms with Gasteiger partial charge in [0.25, 0.3) is 0 Å². The van der Waals surface area contributed by atoms with Crippen LogP contribution in [-0.2, 0) is 4.79 Å². The number of fused-ring (bicyclic) bond motifs is 1. The molecule has 2 rings (SSSR count). The normalized spacial score (nSPS) is 12.6. The lowest BCUT2D eigenvalue weighted by Crippen LogP contribution is -2.32. The molecule has 2 aromatic rings. The molecule has 0 aliphatic carbocycles. The lowest BCUT2D eigenvalue weighted by molar-refractivity contribution is -0.147. The molecule has 1 heterocycles. The predicted octanol–water partition coefficient (Wildman–Crippen LogP) is 2.67. The van der Waals surface area contributed by atoms with Gasteiger partial charge in [0.2, 0.25) is 0 Å². The van der Waals surface area contributed by atoms with E-state index >= 15 is 0 Å². The molecule has 20 heavy (non-hydrogen) atoms. The van der Waals surface area contributed by atoms with Crippen LogP contribution in [0.1, 0.15) is 18.7 Å². The van der Waals surface area contributed by atoms with Crippen LogP contribution in [0.4, 0.5) is 0 Å². The van der Waals surface area contributed by atoms with Gasteiger partial charge in [-0.3, -0.25) is 5.41 Å². The second kappa shape index (κ2) is 5.50. The smallest absolute Gasteiger partial charge is 0.345 e. The molecule has 6 heteroatoms. The molecule has 0 radical (unpaired) electrons. The van der Waals surface area contributed by atoms with E-state index in [1.807, 2.05) is 6.07 Å². The number of aliphatic carboxylic acids is 1. The highest BCUT2D eigenvalue weighted by atomic mass is 32.1. The molecule has 0 saturated heterocycles. The van der Waals surface area contributed by atoms with Gasteiger partial charge in [-0.25, -0.2) is 4.79 Å². The van der Waals surface area contributed by atoms with Crippen molar-refractivity contribution in [1.82, 2.24) is 0 Å². The van der Waals surface area contributed by atoms with Crippen LogP contribution in [0.2, 0.25) is 0 Å². The number of thiophene rings is 1. The van der Waals surface area contributed by atoms with Crippen molar-refractivity contribution in [3.05, 3.63) is 29.1 Å². The van der Waals surface area contributed by atoms with Crippen LogP contribution >= 0.6 is 11.3 Å². The molecule has 0 aliphatic heterocycles. The number of amidine groups is 1. The molecule has 0 bridgehead atoms. The minimum Gasteiger partial charge on any atom is -0.478 e. The topological polar surface area (TPSA) is 96.4 Å². The zero-order valence-corrected chi connectivity index (χ0v) is 12.0. The van der Waals surface area contributed by atoms with Gasteiger partial charge in [0.1, 0.15) is 11.6 Å². The summed E-state index contributed by atoms with van der Waals surface area (Å²) in [5.74, 6) is -0.629. The average molecular weight is 292 g/mol. The molecule has 1 atom stereocenters. The van der Waals surface area contributed by atoms with Gasteiger partial charge in [-0.2, -0.15) is 0 Å². The number of ether oxygens (including phenoxy) is 1. The van der Waals surface area contributed by atoms with Gasteiger partial charge < -0.3 is 15.6 Å². The summed E-state index contributed by atoms with van der Waals surface area (Å²) in [7, 11) is 0. The van der Waals surface area contributed by atoms with Crippen LogP contribution in [0, 0.1) is 11.3 Å². The minimum absolute atomic E-state index is 0.00389. The van der Waals surface area contributed by atoms with E-state index < -0.39 is 12.1 Å². The fraction of sp³-hybridized carbons (Fsp3) is 0.286. The number of nitrogens with one attached hydrogen (secondary N) is 1. The maximum atomic E-state index is 11.2. The van der Waals surface area contributed by atoms with E-state index in [0.29, 0.717) is 10.6 Å². The van der Waals surface area contributed by atoms with Crippen LogP contribution in [0.25, 0.3) is 10.1 Å². The van der Waals surface area contributed by atoms with Gasteiger partial charge >= 0.3 is 5.97 Å². The summed E-state index contributed by atoms with van der Waals surface area (Å²) in [6.07, 6.45) is -0.902. The van der Waals surface area contributed by atoms with Crippen molar-refractivity contribution in [2.75, 3.05) is 0 Å². The van der Waals surface area contributed by atoms with Crippen molar-refractivity contribution < 1.29 is 14.6 Å². The standard InChI is InChI=1S/C14H16N2O3S/c1-7(2)12(14(17)18)19-9-4-3-5-10-8(9)6-11(20-10)13(15)16/h3-7,12H,1-2H3,(H3,15,16)(H,17,18). The lowest BCUT2D eigenvalue weighted by atomic mass is 10.1. The molecule has 0 saturated carbocycles. The Morgan fingerprint density at radius 3 is 2.70 bits per heavy atom. The number of nitrogen functional groups attached to an aromatic ring is 1. The van der Waals surface area contributed by atoms with Crippen molar-refractivity contribution in [2.45, 2.75) is 20.0 Å². The summed E-state index contributed by atoms with van der Waals surface area (Å²) in [6.45, 7) is 3.60. The monoisotopic (exact) mass is 292 g/mol. The number of rotatable bonds is 5. The van der Waals surface area contributed by atoms with Crippen LogP contribution in [0.5, 0.6) is 5.75 Å². The number of carbonyl (C=O) groups is 1. The summed E-state index contributed by atoms with van der Waals surface area (Å²) in [6, 6.07) is 7.19. The number of hydrogen-bond acceptors (Lipinski definition) is 4. The molecule has 1 unspecified atom stereocenters. The summed E-state index contributed by atoms with van der Waals surface area (Å²) in [5.41, 5.74) is 5.48. The molecule has 106 valence electrons. The highest BCUT2D eigenvalue weighted by Gasteiger charge is 2.24. The molecule has 4 N–H and O–H groups in total. The second-order valence-corrected chi connectivity index (χ2v) is 5.90. The maximum absolute atomic E-state index is 11.2. The summed E-state index contributed by atoms with van der Waals surface area (Å²) >= 11 is 1.39. The molecular formula is C14H16N2O3S. The van der Waals surface area contributed by atoms with Gasteiger partial charge in [-0.05, 0) is 18.2 Å². The predicted molar refractivity (Wildman–Crippen MR) is 79.7 cm³/mol. The molecule has 1 aromatic heterocycles. The highest BCUT2D eigenvalue weighted by Crippen LogP contribution is 2.33. The quantitative estimate of drug-likeness (QED) is 0.583. The Kier molecular flexibility index (Phi) is 3.94. The first-order valence-electron chi connectivity index (χ1n) is 6.16. The van der Waals surface area contributed by atoms with E-state index in [2.05, 4.69) is 0 Å². The van der Waals surface area contributed by atoms with E-state index in [1.54, 1.807) is 32.0 Å². The fourth-order valence-corrected chi connectivity index (χ4v) is 2.82. The van der Waals surface area contributed by atoms with E-state index in [1.165, 1.54) is 11.3 Å². The largest absolute Gasteiger partial charge is 0.478 e. The molecule has 0 spiro atoms. The Morgan fingerprint density at radius 1 is 1.45 bits per heavy atom. The van der Waals surface area contributed by atoms with Crippen LogP contribution in [0.3, 0.4) is 0 Å². The van der Waals surface area contributed by atoms with E-state index in [9.17, 15) is 9.90 Å². The van der Waals surface area contributed by atoms with E-state index in [4.69, 9.17) is 15.9 Å². The molecule has 1 aromatic carbocycles. The average Bonchev–Trinajstić information content (AvgIpc) is 2.79. The summed E-state index contributed by atoms with van der Waals surface area (Å²) < 4.78 is 6.56. The van der Waals surface area contributed by atoms with E-state index in [-0.39, 0.29) is 11.8 Å². The van der Waals surface area contributed by atoms with Crippen molar-refractivity contribution >= 4 is 33.2 Å². The van der Waals surface area contributed by atoms with Gasteiger partial charge in [0, 0.05) is 16.0 Å². The van der Waals surface area contributed by atoms with Crippen LogP contribution < -0.4 is 10.5 Å². The van der Waals surface area contributed by atoms with Crippen molar-refractivity contribution in [3.63, 3.8) is 0 Å². The lowest BCUT2D eigenvalue weighted by Gasteiger charge is -2.18. The zero-order chi connectivity index (χ0) is 14.9. The number of nitrogens with two attached hydrogens (primary N) is 1. The number of carboxylic acids is 1. The molecule has 0 fully saturated rings. The van der Waals surface area contributed by atoms with Gasteiger partial charge in [0.15, 0.2) is 6.10 Å². The number of benzene rings is 1. The van der Waals surface area contributed by atoms with Crippen LogP contribution in [-0.4, -0.2) is 23.0 Å². The third-order valence-electron chi connectivity index (χ3n) is 2.89. The molecule has 0 amide bonds. The Bertz CT molecular complexity index is 663. The Hall–Kier alpha value is -2.08. The summed E-state index contributed by atoms with van der Waals surface area (Å²) in [4.78, 5) is 11.9. The summed E-state index contributed by atoms with van der Waals surface area (Å²) in [5, 5.41) is 17.5. The number of carboxylic acid groups (broad SMARTS) is 1. The highest BCUT2D eigenvalue weighted by molar-refractivity contribution is 7.20. The molecule has 0 aliphatic rings. The maximum Gasteiger partial charge on any atom is 0.345 e. The third kappa shape index (κ3) is 2.75. The van der Waals surface area contributed by atoms with Gasteiger partial charge in [-0.15, -0.1) is 11.3 Å². The Balaban J connectivity index is 2.43. The SMILES string of the molecule is CC(C)C(Oc1cccc2sc(C(=N)N)cc12)C(=O)O. The van der Waals surface area contributed by atoms with Crippen molar-refractivity contribution in [1.29, 1.82) is 5.41 Å². The van der Waals surface area contributed by atoms with Crippen LogP contribution in [0.15, 0.2) is 24.3 Å². The third-order valence-corrected chi connectivity index (χ3v) is 4.02. The second-order valence-electron chi connectivity index (χ2n) is 4.81. The van der Waals surface area contributed by atoms with Gasteiger partial charge in [-0.1, -0.05) is 19.9 Å². The Morgan fingerprint density at radius 2 is 2.15 bits per heavy atom. The number of hydrogen-bond donors (Lipinski definition) is 3. The molecule has 5 nitrogen and oxygen atoms in total. The minimum atomic E-state index is -0.987. The first-order valence-corrected chi connectivity index (χ1v) is 6.98.